The Morgan fingerprint density at radius 2 is 0.655 bits per heavy atom. The number of para-hydroxylation sites is 4. The van der Waals surface area contributed by atoms with Crippen LogP contribution < -0.4 is 29.4 Å². The van der Waals surface area contributed by atoms with Crippen molar-refractivity contribution < 1.29 is 0 Å². The van der Waals surface area contributed by atoms with Gasteiger partial charge >= 0.3 is 0 Å². The predicted molar refractivity (Wildman–Crippen MR) is 250 cm³/mol. The summed E-state index contributed by atoms with van der Waals surface area (Å²) in [7, 11) is 8.83. The zero-order valence-corrected chi connectivity index (χ0v) is 34.3. The van der Waals surface area contributed by atoms with E-state index in [4.69, 9.17) is 0 Å². The fraction of sp³-hybridized carbons (Fsp3) is 0.269. The minimum Gasteiger partial charge on any atom is -0.372 e. The summed E-state index contributed by atoms with van der Waals surface area (Å²) in [5, 5.41) is 5.24. The number of hydrogen-bond acceptors (Lipinski definition) is 6. The normalized spacial score (nSPS) is 16.4. The predicted octanol–water partition coefficient (Wildman–Crippen LogP) is 13.0. The molecule has 0 aromatic heterocycles. The van der Waals surface area contributed by atoms with Gasteiger partial charge in [-0.05, 0) is 155 Å². The van der Waals surface area contributed by atoms with Crippen molar-refractivity contribution >= 4 is 78.4 Å². The molecule has 4 heterocycles. The summed E-state index contributed by atoms with van der Waals surface area (Å²) in [5.41, 5.74) is 17.6. The van der Waals surface area contributed by atoms with Gasteiger partial charge in [0.05, 0.1) is 45.5 Å². The van der Waals surface area contributed by atoms with Gasteiger partial charge in [0.1, 0.15) is 0 Å². The summed E-state index contributed by atoms with van der Waals surface area (Å²) in [5.74, 6) is 0. The molecule has 0 unspecified atom stereocenters. The van der Waals surface area contributed by atoms with E-state index < -0.39 is 0 Å². The van der Waals surface area contributed by atoms with Crippen LogP contribution in [0.4, 0.5) is 56.9 Å². The fourth-order valence-corrected chi connectivity index (χ4v) is 10.6. The summed E-state index contributed by atoms with van der Waals surface area (Å²) < 4.78 is 0. The minimum absolute atomic E-state index is 1.11. The first-order chi connectivity index (χ1) is 28.4. The lowest BCUT2D eigenvalue weighted by Crippen LogP contribution is -2.29. The van der Waals surface area contributed by atoms with Gasteiger partial charge in [0.2, 0.25) is 0 Å². The Balaban J connectivity index is 1.19. The van der Waals surface area contributed by atoms with Gasteiger partial charge in [0, 0.05) is 65.7 Å². The van der Waals surface area contributed by atoms with Gasteiger partial charge < -0.3 is 29.4 Å². The lowest BCUT2D eigenvalue weighted by molar-refractivity contribution is 0.578. The Morgan fingerprint density at radius 1 is 0.310 bits per heavy atom. The first kappa shape index (κ1) is 35.1. The number of nitrogens with zero attached hydrogens (tertiary/aromatic N) is 6. The Labute approximate surface area is 343 Å². The fourth-order valence-electron chi connectivity index (χ4n) is 10.6. The van der Waals surface area contributed by atoms with Gasteiger partial charge in [-0.15, -0.1) is 0 Å². The van der Waals surface area contributed by atoms with Crippen LogP contribution in [0, 0.1) is 0 Å². The van der Waals surface area contributed by atoms with Crippen LogP contribution in [-0.2, 0) is 0 Å². The van der Waals surface area contributed by atoms with E-state index in [2.05, 4.69) is 179 Å². The van der Waals surface area contributed by atoms with Crippen LogP contribution >= 0.6 is 0 Å². The summed E-state index contributed by atoms with van der Waals surface area (Å²) in [6.45, 7) is 4.45. The Hall–Kier alpha value is -6.14. The largest absolute Gasteiger partial charge is 0.372 e. The number of hydrogen-bond donors (Lipinski definition) is 0. The highest BCUT2D eigenvalue weighted by Gasteiger charge is 2.28. The third-order valence-electron chi connectivity index (χ3n) is 13.7. The quantitative estimate of drug-likeness (QED) is 0.165. The molecular formula is C52H52N6. The van der Waals surface area contributed by atoms with Crippen molar-refractivity contribution in [2.45, 2.75) is 38.5 Å². The van der Waals surface area contributed by atoms with Crippen LogP contribution in [0.3, 0.4) is 0 Å². The zero-order chi connectivity index (χ0) is 39.1. The molecule has 0 atom stereocenters. The van der Waals surface area contributed by atoms with Gasteiger partial charge in [-0.1, -0.05) is 48.5 Å². The molecule has 11 rings (SSSR count). The van der Waals surface area contributed by atoms with Gasteiger partial charge in [-0.3, -0.25) is 0 Å². The van der Waals surface area contributed by atoms with Crippen LogP contribution in [-0.4, -0.2) is 54.4 Å². The van der Waals surface area contributed by atoms with Gasteiger partial charge in [0.25, 0.3) is 0 Å². The van der Waals surface area contributed by atoms with Gasteiger partial charge in [-0.2, -0.15) is 0 Å². The summed E-state index contributed by atoms with van der Waals surface area (Å²) in [6.07, 6.45) is 7.63. The van der Waals surface area contributed by atoms with Crippen LogP contribution in [0.1, 0.15) is 38.5 Å². The first-order valence-corrected chi connectivity index (χ1v) is 21.4. The van der Waals surface area contributed by atoms with Crippen molar-refractivity contribution in [1.82, 2.24) is 0 Å². The Kier molecular flexibility index (Phi) is 8.32. The Morgan fingerprint density at radius 3 is 1.03 bits per heavy atom. The molecule has 0 N–H and O–H groups in total. The molecule has 6 heteroatoms. The Bertz CT molecular complexity index is 2550. The molecule has 58 heavy (non-hydrogen) atoms. The van der Waals surface area contributed by atoms with E-state index >= 15 is 0 Å². The van der Waals surface area contributed by atoms with E-state index in [1.54, 1.807) is 0 Å². The molecule has 2 fully saturated rings. The summed E-state index contributed by atoms with van der Waals surface area (Å²) in [6, 6.07) is 46.6. The lowest BCUT2D eigenvalue weighted by atomic mass is 9.84. The highest BCUT2D eigenvalue weighted by molar-refractivity contribution is 6.23. The molecule has 0 aliphatic carbocycles. The van der Waals surface area contributed by atoms with Gasteiger partial charge in [-0.25, -0.2) is 0 Å². The molecule has 7 aromatic carbocycles. The molecule has 290 valence electrons. The van der Waals surface area contributed by atoms with E-state index in [-0.39, 0.29) is 0 Å². The van der Waals surface area contributed by atoms with Crippen molar-refractivity contribution in [3.05, 3.63) is 121 Å². The van der Waals surface area contributed by atoms with Crippen LogP contribution in [0.25, 0.3) is 43.8 Å². The second kappa shape index (κ2) is 13.8. The molecule has 4 aliphatic heterocycles. The smallest absolute Gasteiger partial charge is 0.0656 e. The van der Waals surface area contributed by atoms with E-state index in [0.717, 1.165) is 26.2 Å². The second-order valence-corrected chi connectivity index (χ2v) is 16.9. The first-order valence-electron chi connectivity index (χ1n) is 21.4. The summed E-state index contributed by atoms with van der Waals surface area (Å²) in [4.78, 5) is 14.7. The van der Waals surface area contributed by atoms with Crippen molar-refractivity contribution in [2.24, 2.45) is 0 Å². The number of fused-ring (bicyclic) bond motifs is 6. The molecule has 6 nitrogen and oxygen atoms in total. The van der Waals surface area contributed by atoms with E-state index in [1.165, 1.54) is 139 Å². The molecule has 7 aromatic rings. The third-order valence-corrected chi connectivity index (χ3v) is 13.7. The van der Waals surface area contributed by atoms with E-state index in [1.807, 2.05) is 0 Å². The maximum absolute atomic E-state index is 2.61. The van der Waals surface area contributed by atoms with Crippen molar-refractivity contribution in [3.8, 4) is 22.3 Å². The second-order valence-electron chi connectivity index (χ2n) is 16.9. The minimum atomic E-state index is 1.11. The van der Waals surface area contributed by atoms with Crippen molar-refractivity contribution in [2.75, 3.05) is 83.8 Å². The highest BCUT2D eigenvalue weighted by atomic mass is 15.3. The molecule has 0 radical (unpaired) electrons. The average molecular weight is 761 g/mol. The topological polar surface area (TPSA) is 19.4 Å². The average Bonchev–Trinajstić information content (AvgIpc) is 3.29. The molecule has 4 aliphatic rings. The number of piperidine rings is 2. The number of anilines is 10. The zero-order valence-electron chi connectivity index (χ0n) is 34.3. The van der Waals surface area contributed by atoms with E-state index in [9.17, 15) is 0 Å². The highest BCUT2D eigenvalue weighted by Crippen LogP contribution is 2.53. The molecule has 0 amide bonds. The maximum Gasteiger partial charge on any atom is 0.0656 e. The summed E-state index contributed by atoms with van der Waals surface area (Å²) >= 11 is 0. The molecular weight excluding hydrogens is 709 g/mol. The SMILES string of the molecule is CN1c2ccccc2N(C)c2cc(-c3c4ccc(N5CCCCC5)cc4c(-c4ccc5c(c4)N(C)c4ccccc4N5C)c4ccc(N5CCCCC5)cc34)ccc21. The van der Waals surface area contributed by atoms with Crippen molar-refractivity contribution in [1.29, 1.82) is 0 Å². The van der Waals surface area contributed by atoms with Crippen LogP contribution in [0.5, 0.6) is 0 Å². The molecule has 0 bridgehead atoms. The monoisotopic (exact) mass is 760 g/mol. The third kappa shape index (κ3) is 5.44. The van der Waals surface area contributed by atoms with Crippen LogP contribution in [0.15, 0.2) is 121 Å². The molecule has 0 saturated carbocycles. The van der Waals surface area contributed by atoms with E-state index in [0.29, 0.717) is 0 Å². The van der Waals surface area contributed by atoms with Crippen LogP contribution in [0.2, 0.25) is 0 Å². The lowest BCUT2D eigenvalue weighted by Gasteiger charge is -2.37. The molecule has 0 spiro atoms. The standard InChI is InChI=1S/C52H52N6/c1-53-43-15-7-9-17-45(43)55(3)49-31-35(19-25-47(49)53)51-39-23-21-38(58-29-13-6-14-30-58)34-42(39)52(40-24-22-37(33-41(40)51)57-27-11-5-12-28-57)36-20-26-48-50(32-36)56(4)46-18-10-8-16-44(46)54(48)2/h7-10,15-26,31-34H,5-6,11-14,27-30H2,1-4H3. The van der Waals surface area contributed by atoms with Gasteiger partial charge in [0.15, 0.2) is 0 Å². The molecule has 2 saturated heterocycles. The van der Waals surface area contributed by atoms with Crippen molar-refractivity contribution in [3.63, 3.8) is 0 Å². The number of rotatable bonds is 4. The number of benzene rings is 7. The maximum atomic E-state index is 2.61.